The average molecular weight is 437 g/mol. The Labute approximate surface area is 184 Å². The summed E-state index contributed by atoms with van der Waals surface area (Å²) < 4.78 is 32.7. The van der Waals surface area contributed by atoms with E-state index < -0.39 is 0 Å². The van der Waals surface area contributed by atoms with Crippen LogP contribution < -0.4 is 9.47 Å². The normalized spacial score (nSPS) is 20.9. The predicted octanol–water partition coefficient (Wildman–Crippen LogP) is 3.91. The van der Waals surface area contributed by atoms with Gasteiger partial charge in [0.05, 0.1) is 11.0 Å². The fraction of sp³-hybridized carbons (Fsp3) is 0.417. The zero-order valence-electron chi connectivity index (χ0n) is 17.6. The molecule has 0 N–H and O–H groups in total. The van der Waals surface area contributed by atoms with Crippen LogP contribution in [-0.2, 0) is 9.53 Å². The van der Waals surface area contributed by atoms with E-state index in [-0.39, 0.29) is 30.7 Å². The molecule has 0 aliphatic carbocycles. The van der Waals surface area contributed by atoms with Crippen molar-refractivity contribution in [2.24, 2.45) is 0 Å². The van der Waals surface area contributed by atoms with E-state index in [1.54, 1.807) is 6.07 Å². The molecule has 3 aliphatic heterocycles. The van der Waals surface area contributed by atoms with Crippen LogP contribution in [0.1, 0.15) is 31.7 Å². The lowest BCUT2D eigenvalue weighted by Crippen LogP contribution is -2.44. The Morgan fingerprint density at radius 1 is 1.03 bits per heavy atom. The van der Waals surface area contributed by atoms with Gasteiger partial charge in [-0.05, 0) is 56.0 Å². The lowest BCUT2D eigenvalue weighted by Gasteiger charge is -2.34. The number of ether oxygens (including phenoxy) is 3. The van der Waals surface area contributed by atoms with E-state index in [9.17, 15) is 9.18 Å². The zero-order valence-corrected chi connectivity index (χ0v) is 17.6. The smallest absolute Gasteiger partial charge is 0.251 e. The summed E-state index contributed by atoms with van der Waals surface area (Å²) in [7, 11) is 0. The Morgan fingerprint density at radius 2 is 1.88 bits per heavy atom. The Kier molecular flexibility index (Phi) is 4.75. The van der Waals surface area contributed by atoms with Crippen LogP contribution in [0.2, 0.25) is 0 Å². The fourth-order valence-corrected chi connectivity index (χ4v) is 5.00. The SMILES string of the molecule is O=C([C@@H]1CCCO1)N1CCC(n2c(-c3ccc4c(c3)OCO4)nc3cc(F)ccc32)CC1. The number of piperidine rings is 1. The number of hydrogen-bond donors (Lipinski definition) is 0. The topological polar surface area (TPSA) is 65.8 Å². The van der Waals surface area contributed by atoms with Gasteiger partial charge in [0.1, 0.15) is 17.7 Å². The fourth-order valence-electron chi connectivity index (χ4n) is 5.00. The molecule has 4 heterocycles. The van der Waals surface area contributed by atoms with Crippen molar-refractivity contribution < 1.29 is 23.4 Å². The first-order chi connectivity index (χ1) is 15.7. The summed E-state index contributed by atoms with van der Waals surface area (Å²) >= 11 is 0. The van der Waals surface area contributed by atoms with Gasteiger partial charge >= 0.3 is 0 Å². The van der Waals surface area contributed by atoms with Crippen molar-refractivity contribution in [1.82, 2.24) is 14.5 Å². The van der Waals surface area contributed by atoms with Crippen molar-refractivity contribution in [1.29, 1.82) is 0 Å². The Bertz CT molecular complexity index is 1180. The van der Waals surface area contributed by atoms with Gasteiger partial charge in [-0.3, -0.25) is 4.79 Å². The molecule has 3 aromatic rings. The molecule has 0 spiro atoms. The first-order valence-corrected chi connectivity index (χ1v) is 11.2. The number of amides is 1. The second-order valence-electron chi connectivity index (χ2n) is 8.56. The number of fused-ring (bicyclic) bond motifs is 2. The van der Waals surface area contributed by atoms with Crippen molar-refractivity contribution in [3.63, 3.8) is 0 Å². The van der Waals surface area contributed by atoms with Crippen LogP contribution in [0.3, 0.4) is 0 Å². The summed E-state index contributed by atoms with van der Waals surface area (Å²) in [6, 6.07) is 10.6. The molecule has 2 fully saturated rings. The van der Waals surface area contributed by atoms with Crippen LogP contribution in [-0.4, -0.2) is 53.0 Å². The average Bonchev–Trinajstić information content (AvgIpc) is 3.57. The van der Waals surface area contributed by atoms with E-state index in [4.69, 9.17) is 19.2 Å². The Hall–Kier alpha value is -3.13. The predicted molar refractivity (Wildman–Crippen MR) is 115 cm³/mol. The van der Waals surface area contributed by atoms with E-state index in [0.29, 0.717) is 36.7 Å². The van der Waals surface area contributed by atoms with Crippen LogP contribution >= 0.6 is 0 Å². The largest absolute Gasteiger partial charge is 0.454 e. The van der Waals surface area contributed by atoms with Crippen molar-refractivity contribution in [3.05, 3.63) is 42.2 Å². The summed E-state index contributed by atoms with van der Waals surface area (Å²) in [6.45, 7) is 2.22. The highest BCUT2D eigenvalue weighted by molar-refractivity contribution is 5.82. The van der Waals surface area contributed by atoms with Gasteiger partial charge in [-0.15, -0.1) is 0 Å². The van der Waals surface area contributed by atoms with Gasteiger partial charge in [-0.2, -0.15) is 0 Å². The molecule has 0 radical (unpaired) electrons. The molecular weight excluding hydrogens is 413 g/mol. The lowest BCUT2D eigenvalue weighted by atomic mass is 10.0. The Morgan fingerprint density at radius 3 is 2.69 bits per heavy atom. The molecule has 166 valence electrons. The number of nitrogens with zero attached hydrogens (tertiary/aromatic N) is 3. The molecule has 1 amide bonds. The highest BCUT2D eigenvalue weighted by Gasteiger charge is 2.32. The van der Waals surface area contributed by atoms with E-state index in [1.807, 2.05) is 23.1 Å². The molecule has 8 heteroatoms. The van der Waals surface area contributed by atoms with Gasteiger partial charge in [0.15, 0.2) is 11.5 Å². The van der Waals surface area contributed by atoms with E-state index in [1.165, 1.54) is 12.1 Å². The van der Waals surface area contributed by atoms with Gasteiger partial charge in [0, 0.05) is 37.4 Å². The van der Waals surface area contributed by atoms with Crippen LogP contribution in [0.15, 0.2) is 36.4 Å². The summed E-state index contributed by atoms with van der Waals surface area (Å²) in [6.07, 6.45) is 3.08. The number of halogens is 1. The maximum absolute atomic E-state index is 13.9. The van der Waals surface area contributed by atoms with Gasteiger partial charge in [-0.25, -0.2) is 9.37 Å². The molecule has 7 nitrogen and oxygen atoms in total. The minimum Gasteiger partial charge on any atom is -0.454 e. The quantitative estimate of drug-likeness (QED) is 0.622. The number of imidazole rings is 1. The number of carbonyl (C=O) groups excluding carboxylic acids is 1. The molecule has 2 aromatic carbocycles. The number of benzene rings is 2. The second kappa shape index (κ2) is 7.78. The molecule has 2 saturated heterocycles. The minimum absolute atomic E-state index is 0.106. The summed E-state index contributed by atoms with van der Waals surface area (Å²) in [5.74, 6) is 1.96. The van der Waals surface area contributed by atoms with Crippen LogP contribution in [0.25, 0.3) is 22.4 Å². The molecule has 0 saturated carbocycles. The van der Waals surface area contributed by atoms with Crippen molar-refractivity contribution in [2.75, 3.05) is 26.5 Å². The number of rotatable bonds is 3. The molecule has 1 aromatic heterocycles. The maximum Gasteiger partial charge on any atom is 0.251 e. The van der Waals surface area contributed by atoms with E-state index >= 15 is 0 Å². The number of aromatic nitrogens is 2. The van der Waals surface area contributed by atoms with Gasteiger partial charge in [0.2, 0.25) is 6.79 Å². The molecule has 32 heavy (non-hydrogen) atoms. The molecule has 1 atom stereocenters. The summed E-state index contributed by atoms with van der Waals surface area (Å²) in [5, 5.41) is 0. The van der Waals surface area contributed by atoms with Crippen molar-refractivity contribution in [2.45, 2.75) is 37.8 Å². The minimum atomic E-state index is -0.309. The maximum atomic E-state index is 13.9. The van der Waals surface area contributed by atoms with Gasteiger partial charge in [-0.1, -0.05) is 0 Å². The number of carbonyl (C=O) groups is 1. The molecular formula is C24H24FN3O4. The van der Waals surface area contributed by atoms with E-state index in [0.717, 1.165) is 42.6 Å². The third-order valence-electron chi connectivity index (χ3n) is 6.63. The molecule has 0 bridgehead atoms. The molecule has 6 rings (SSSR count). The van der Waals surface area contributed by atoms with Crippen molar-refractivity contribution in [3.8, 4) is 22.9 Å². The first kappa shape index (κ1) is 19.5. The molecule has 3 aliphatic rings. The highest BCUT2D eigenvalue weighted by Crippen LogP contribution is 2.39. The van der Waals surface area contributed by atoms with Gasteiger partial charge in [0.25, 0.3) is 5.91 Å². The van der Waals surface area contributed by atoms with Crippen LogP contribution in [0, 0.1) is 5.82 Å². The van der Waals surface area contributed by atoms with Crippen molar-refractivity contribution >= 4 is 16.9 Å². The Balaban J connectivity index is 1.33. The second-order valence-corrected chi connectivity index (χ2v) is 8.56. The first-order valence-electron chi connectivity index (χ1n) is 11.2. The highest BCUT2D eigenvalue weighted by atomic mass is 19.1. The summed E-state index contributed by atoms with van der Waals surface area (Å²) in [4.78, 5) is 19.5. The number of hydrogen-bond acceptors (Lipinski definition) is 5. The monoisotopic (exact) mass is 437 g/mol. The van der Waals surface area contributed by atoms with Crippen LogP contribution in [0.5, 0.6) is 11.5 Å². The van der Waals surface area contributed by atoms with Crippen LogP contribution in [0.4, 0.5) is 4.39 Å². The van der Waals surface area contributed by atoms with Gasteiger partial charge < -0.3 is 23.7 Å². The number of likely N-dealkylation sites (tertiary alicyclic amines) is 1. The molecule has 0 unspecified atom stereocenters. The summed E-state index contributed by atoms with van der Waals surface area (Å²) in [5.41, 5.74) is 2.40. The third kappa shape index (κ3) is 3.30. The zero-order chi connectivity index (χ0) is 21.7. The standard InChI is InChI=1S/C24H24FN3O4/c25-16-4-5-19-18(13-16)26-23(15-3-6-20-22(12-15)32-14-31-20)28(19)17-7-9-27(10-8-17)24(29)21-2-1-11-30-21/h3-6,12-13,17,21H,1-2,7-11,14H2/t21-/m0/s1. The third-order valence-corrected chi connectivity index (χ3v) is 6.63. The lowest BCUT2D eigenvalue weighted by molar-refractivity contribution is -0.142. The van der Waals surface area contributed by atoms with E-state index in [2.05, 4.69) is 4.57 Å².